The molecule has 0 saturated carbocycles. The zero-order valence-electron chi connectivity index (χ0n) is 25.5. The van der Waals surface area contributed by atoms with Crippen LogP contribution in [-0.2, 0) is 12.8 Å². The number of nitrogens with one attached hydrogen (secondary N) is 1. The molecule has 2 aromatic rings. The molecule has 218 valence electrons. The number of rotatable bonds is 8. The van der Waals surface area contributed by atoms with E-state index >= 15 is 0 Å². The molecule has 0 aliphatic carbocycles. The molecule has 0 bridgehead atoms. The van der Waals surface area contributed by atoms with E-state index in [2.05, 4.69) is 67.1 Å². The summed E-state index contributed by atoms with van der Waals surface area (Å²) in [6.45, 7) is 13.4. The lowest BCUT2D eigenvalue weighted by molar-refractivity contribution is 0.0378. The second-order valence-electron chi connectivity index (χ2n) is 12.2. The molecule has 4 unspecified atom stereocenters. The van der Waals surface area contributed by atoms with Gasteiger partial charge in [0.25, 0.3) is 0 Å². The monoisotopic (exact) mass is 563 g/mol. The molecule has 1 N–H and O–H groups in total. The average molecular weight is 564 g/mol. The summed E-state index contributed by atoms with van der Waals surface area (Å²) in [6, 6.07) is 10.1. The summed E-state index contributed by atoms with van der Waals surface area (Å²) in [5.41, 5.74) is 8.73. The van der Waals surface area contributed by atoms with Crippen molar-refractivity contribution in [2.75, 3.05) is 40.4 Å². The van der Waals surface area contributed by atoms with Crippen LogP contribution in [0.2, 0.25) is 0 Å². The second kappa shape index (κ2) is 12.7. The maximum atomic E-state index is 6.05. The molecule has 1 saturated heterocycles. The highest BCUT2D eigenvalue weighted by Crippen LogP contribution is 2.48. The van der Waals surface area contributed by atoms with Crippen LogP contribution in [0.5, 0.6) is 11.5 Å². The summed E-state index contributed by atoms with van der Waals surface area (Å²) in [5, 5.41) is 4.49. The molecule has 0 amide bonds. The van der Waals surface area contributed by atoms with Crippen molar-refractivity contribution in [2.24, 2.45) is 11.8 Å². The van der Waals surface area contributed by atoms with Gasteiger partial charge < -0.3 is 19.7 Å². The van der Waals surface area contributed by atoms with Crippen LogP contribution >= 0.6 is 12.2 Å². The van der Waals surface area contributed by atoms with Gasteiger partial charge in [-0.25, -0.2) is 0 Å². The van der Waals surface area contributed by atoms with E-state index in [0.717, 1.165) is 55.4 Å². The van der Waals surface area contributed by atoms with Gasteiger partial charge in [0.15, 0.2) is 16.6 Å². The van der Waals surface area contributed by atoms with Gasteiger partial charge >= 0.3 is 0 Å². The van der Waals surface area contributed by atoms with Crippen molar-refractivity contribution in [3.05, 3.63) is 57.6 Å². The van der Waals surface area contributed by atoms with Gasteiger partial charge in [0.1, 0.15) is 0 Å². The fourth-order valence-corrected chi connectivity index (χ4v) is 7.82. The Morgan fingerprint density at radius 3 is 2.35 bits per heavy atom. The molecule has 3 heterocycles. The van der Waals surface area contributed by atoms with E-state index in [-0.39, 0.29) is 6.04 Å². The van der Waals surface area contributed by atoms with Crippen LogP contribution in [0.3, 0.4) is 0 Å². The van der Waals surface area contributed by atoms with Crippen LogP contribution in [0.15, 0.2) is 24.3 Å². The minimum Gasteiger partial charge on any atom is -0.493 e. The van der Waals surface area contributed by atoms with Crippen molar-refractivity contribution in [1.29, 1.82) is 0 Å². The van der Waals surface area contributed by atoms with Gasteiger partial charge in [-0.15, -0.1) is 0 Å². The number of nitrogens with zero attached hydrogens (tertiary/aromatic N) is 2. The number of unbranched alkanes of at least 4 members (excludes halogenated alkanes) is 1. The number of ether oxygens (including phenoxy) is 2. The number of benzene rings is 2. The van der Waals surface area contributed by atoms with Crippen molar-refractivity contribution in [3.8, 4) is 11.5 Å². The van der Waals surface area contributed by atoms with Gasteiger partial charge in [0, 0.05) is 32.2 Å². The largest absolute Gasteiger partial charge is 0.493 e. The SMILES string of the molecule is CCCCNC(=S)N1CCc2cc(OC)c(OC)cc2C1CC1CC2c3cc(C)c(C)cc3CCN2CC1CC. The minimum absolute atomic E-state index is 0.235. The van der Waals surface area contributed by atoms with E-state index < -0.39 is 0 Å². The molecule has 5 nitrogen and oxygen atoms in total. The number of thiocarbonyl (C=S) groups is 1. The summed E-state index contributed by atoms with van der Waals surface area (Å²) in [4.78, 5) is 5.28. The Bertz CT molecular complexity index is 1210. The number of piperidine rings is 1. The van der Waals surface area contributed by atoms with Crippen LogP contribution in [0.4, 0.5) is 0 Å². The van der Waals surface area contributed by atoms with Gasteiger partial charge in [-0.3, -0.25) is 4.90 Å². The fourth-order valence-electron chi connectivity index (χ4n) is 7.50. The molecule has 1 fully saturated rings. The smallest absolute Gasteiger partial charge is 0.169 e. The minimum atomic E-state index is 0.235. The predicted octanol–water partition coefficient (Wildman–Crippen LogP) is 6.93. The van der Waals surface area contributed by atoms with E-state index in [1.165, 1.54) is 54.6 Å². The van der Waals surface area contributed by atoms with Gasteiger partial charge in [0.05, 0.1) is 20.3 Å². The third-order valence-electron chi connectivity index (χ3n) is 10.0. The molecular formula is C34H49N3O2S. The maximum absolute atomic E-state index is 6.05. The highest BCUT2D eigenvalue weighted by molar-refractivity contribution is 7.80. The normalized spacial score (nSPS) is 24.1. The summed E-state index contributed by atoms with van der Waals surface area (Å²) in [5.74, 6) is 2.95. The van der Waals surface area contributed by atoms with Gasteiger partial charge in [0.2, 0.25) is 0 Å². The number of hydrogen-bond acceptors (Lipinski definition) is 4. The molecule has 0 aromatic heterocycles. The Morgan fingerprint density at radius 1 is 0.925 bits per heavy atom. The van der Waals surface area contributed by atoms with E-state index in [1.54, 1.807) is 25.3 Å². The Kier molecular flexibility index (Phi) is 9.26. The van der Waals surface area contributed by atoms with E-state index in [0.29, 0.717) is 17.9 Å². The van der Waals surface area contributed by atoms with E-state index in [9.17, 15) is 0 Å². The highest BCUT2D eigenvalue weighted by atomic mass is 32.1. The molecule has 3 aliphatic heterocycles. The number of methoxy groups -OCH3 is 2. The molecule has 0 radical (unpaired) electrons. The number of hydrogen-bond donors (Lipinski definition) is 1. The van der Waals surface area contributed by atoms with Crippen LogP contribution in [0.25, 0.3) is 0 Å². The van der Waals surface area contributed by atoms with Crippen molar-refractivity contribution in [2.45, 2.75) is 84.7 Å². The lowest BCUT2D eigenvalue weighted by Gasteiger charge is -2.49. The van der Waals surface area contributed by atoms with Crippen molar-refractivity contribution in [3.63, 3.8) is 0 Å². The summed E-state index contributed by atoms with van der Waals surface area (Å²) >= 11 is 6.05. The van der Waals surface area contributed by atoms with Crippen LogP contribution in [-0.4, -0.2) is 55.3 Å². The molecule has 2 aromatic carbocycles. The average Bonchev–Trinajstić information content (AvgIpc) is 2.97. The number of aryl methyl sites for hydroxylation is 2. The lowest BCUT2D eigenvalue weighted by atomic mass is 9.72. The van der Waals surface area contributed by atoms with Gasteiger partial charge in [-0.05, 0) is 116 Å². The third kappa shape index (κ3) is 5.72. The molecular weight excluding hydrogens is 514 g/mol. The third-order valence-corrected chi connectivity index (χ3v) is 10.4. The summed E-state index contributed by atoms with van der Waals surface area (Å²) in [6.07, 6.45) is 7.99. The van der Waals surface area contributed by atoms with Gasteiger partial charge in [-0.2, -0.15) is 0 Å². The summed E-state index contributed by atoms with van der Waals surface area (Å²) in [7, 11) is 3.47. The first kappa shape index (κ1) is 29.2. The molecule has 3 aliphatic rings. The maximum Gasteiger partial charge on any atom is 0.169 e. The standard InChI is InChI=1S/C34H49N3O2S/c1-7-9-12-35-34(40)37-14-11-26-19-32(38-5)33(39-6)20-29(26)31(37)18-27-17-30-28-16-23(4)22(3)15-25(28)10-13-36(30)21-24(27)8-2/h15-16,19-20,24,27,30-31H,7-14,17-18,21H2,1-6H3,(H,35,40). The predicted molar refractivity (Wildman–Crippen MR) is 169 cm³/mol. The van der Waals surface area contributed by atoms with Crippen LogP contribution in [0.1, 0.15) is 91.4 Å². The number of fused-ring (bicyclic) bond motifs is 4. The lowest BCUT2D eigenvalue weighted by Crippen LogP contribution is -2.49. The molecule has 40 heavy (non-hydrogen) atoms. The Labute approximate surface area is 247 Å². The Balaban J connectivity index is 1.48. The molecule has 5 rings (SSSR count). The summed E-state index contributed by atoms with van der Waals surface area (Å²) < 4.78 is 11.5. The van der Waals surface area contributed by atoms with E-state index in [4.69, 9.17) is 21.7 Å². The first-order chi connectivity index (χ1) is 19.4. The quantitative estimate of drug-likeness (QED) is 0.277. The first-order valence-corrected chi connectivity index (χ1v) is 15.9. The molecule has 6 heteroatoms. The van der Waals surface area contributed by atoms with Crippen LogP contribution < -0.4 is 14.8 Å². The Hall–Kier alpha value is -2.31. The topological polar surface area (TPSA) is 37.0 Å². The first-order valence-electron chi connectivity index (χ1n) is 15.5. The molecule has 0 spiro atoms. The van der Waals surface area contributed by atoms with Crippen molar-refractivity contribution in [1.82, 2.24) is 15.1 Å². The van der Waals surface area contributed by atoms with Crippen molar-refractivity contribution >= 4 is 17.3 Å². The Morgan fingerprint density at radius 2 is 1.62 bits per heavy atom. The van der Waals surface area contributed by atoms with E-state index in [1.807, 2.05) is 0 Å². The highest BCUT2D eigenvalue weighted by Gasteiger charge is 2.41. The van der Waals surface area contributed by atoms with Crippen LogP contribution in [0, 0.1) is 25.7 Å². The van der Waals surface area contributed by atoms with Crippen molar-refractivity contribution < 1.29 is 9.47 Å². The van der Waals surface area contributed by atoms with Gasteiger partial charge in [-0.1, -0.05) is 38.8 Å². The fraction of sp³-hybridized carbons (Fsp3) is 0.618. The molecule has 4 atom stereocenters. The zero-order valence-corrected chi connectivity index (χ0v) is 26.3. The zero-order chi connectivity index (χ0) is 28.4. The second-order valence-corrected chi connectivity index (χ2v) is 12.6.